The molecule has 0 aliphatic carbocycles. The number of benzene rings is 3. The zero-order valence-electron chi connectivity index (χ0n) is 20.7. The number of nitrogens with zero attached hydrogens (tertiary/aromatic N) is 2. The van der Waals surface area contributed by atoms with Crippen LogP contribution in [0.25, 0.3) is 0 Å². The van der Waals surface area contributed by atoms with Crippen molar-refractivity contribution in [3.05, 3.63) is 89.5 Å². The van der Waals surface area contributed by atoms with Crippen molar-refractivity contribution in [3.8, 4) is 17.2 Å². The predicted octanol–water partition coefficient (Wildman–Crippen LogP) is 4.02. The molecule has 3 aromatic carbocycles. The van der Waals surface area contributed by atoms with Crippen LogP contribution in [0.3, 0.4) is 0 Å². The van der Waals surface area contributed by atoms with Gasteiger partial charge in [0.15, 0.2) is 0 Å². The third kappa shape index (κ3) is 7.21. The van der Waals surface area contributed by atoms with Crippen molar-refractivity contribution in [2.75, 3.05) is 60.1 Å². The van der Waals surface area contributed by atoms with Gasteiger partial charge in [0, 0.05) is 51.8 Å². The number of ether oxygens (including phenoxy) is 3. The predicted molar refractivity (Wildman–Crippen MR) is 139 cm³/mol. The summed E-state index contributed by atoms with van der Waals surface area (Å²) >= 11 is 0. The van der Waals surface area contributed by atoms with Crippen LogP contribution in [0, 0.1) is 0 Å². The third-order valence-electron chi connectivity index (χ3n) is 6.53. The smallest absolute Gasteiger partial charge is 0.122 e. The van der Waals surface area contributed by atoms with E-state index in [0.717, 1.165) is 50.5 Å². The van der Waals surface area contributed by atoms with E-state index in [1.807, 2.05) is 30.3 Å². The first-order chi connectivity index (χ1) is 17.1. The molecule has 6 heteroatoms. The Morgan fingerprint density at radius 1 is 0.800 bits per heavy atom. The molecule has 0 spiro atoms. The van der Waals surface area contributed by atoms with Gasteiger partial charge in [-0.3, -0.25) is 9.80 Å². The van der Waals surface area contributed by atoms with E-state index < -0.39 is 6.10 Å². The number of hydrogen-bond donors (Lipinski definition) is 1. The van der Waals surface area contributed by atoms with Gasteiger partial charge in [-0.2, -0.15) is 0 Å². The summed E-state index contributed by atoms with van der Waals surface area (Å²) in [6, 6.07) is 24.4. The maximum atomic E-state index is 10.8. The van der Waals surface area contributed by atoms with Crippen LogP contribution in [0.4, 0.5) is 0 Å². The van der Waals surface area contributed by atoms with Crippen LogP contribution in [-0.2, 0) is 6.42 Å². The Morgan fingerprint density at radius 2 is 1.43 bits per heavy atom. The van der Waals surface area contributed by atoms with Crippen LogP contribution in [0.5, 0.6) is 17.2 Å². The molecule has 1 heterocycles. The Kier molecular flexibility index (Phi) is 9.01. The van der Waals surface area contributed by atoms with Gasteiger partial charge in [0.25, 0.3) is 0 Å². The van der Waals surface area contributed by atoms with Crippen LogP contribution in [0.2, 0.25) is 0 Å². The summed E-state index contributed by atoms with van der Waals surface area (Å²) in [4.78, 5) is 4.74. The molecule has 1 N–H and O–H groups in total. The number of para-hydroxylation sites is 1. The van der Waals surface area contributed by atoms with E-state index in [1.165, 1.54) is 11.1 Å². The third-order valence-corrected chi connectivity index (χ3v) is 6.53. The molecule has 0 amide bonds. The highest BCUT2D eigenvalue weighted by Crippen LogP contribution is 2.27. The molecule has 1 fully saturated rings. The number of methoxy groups -OCH3 is 2. The van der Waals surface area contributed by atoms with Crippen molar-refractivity contribution >= 4 is 0 Å². The topological polar surface area (TPSA) is 54.4 Å². The van der Waals surface area contributed by atoms with Crippen molar-refractivity contribution in [3.63, 3.8) is 0 Å². The molecule has 1 aliphatic rings. The Hall–Kier alpha value is -3.06. The fourth-order valence-electron chi connectivity index (χ4n) is 4.46. The quantitative estimate of drug-likeness (QED) is 0.451. The van der Waals surface area contributed by atoms with E-state index in [1.54, 1.807) is 14.2 Å². The SMILES string of the molecule is COc1cc(OC)cc(C(O)CN2CCN(CCOc3ccccc3Cc3ccccc3)CC2)c1. The summed E-state index contributed by atoms with van der Waals surface area (Å²) in [5, 5.41) is 10.8. The van der Waals surface area contributed by atoms with Gasteiger partial charge in [-0.1, -0.05) is 48.5 Å². The van der Waals surface area contributed by atoms with Gasteiger partial charge < -0.3 is 19.3 Å². The van der Waals surface area contributed by atoms with E-state index in [0.29, 0.717) is 24.7 Å². The van der Waals surface area contributed by atoms with Gasteiger partial charge in [-0.05, 0) is 34.9 Å². The van der Waals surface area contributed by atoms with Crippen LogP contribution in [0.1, 0.15) is 22.8 Å². The van der Waals surface area contributed by atoms with Gasteiger partial charge in [-0.25, -0.2) is 0 Å². The Bertz CT molecular complexity index is 1030. The monoisotopic (exact) mass is 476 g/mol. The van der Waals surface area contributed by atoms with Gasteiger partial charge in [-0.15, -0.1) is 0 Å². The Balaban J connectivity index is 1.22. The summed E-state index contributed by atoms with van der Waals surface area (Å²) in [6.07, 6.45) is 0.284. The summed E-state index contributed by atoms with van der Waals surface area (Å²) in [7, 11) is 3.24. The van der Waals surface area contributed by atoms with Crippen LogP contribution in [0.15, 0.2) is 72.8 Å². The summed E-state index contributed by atoms with van der Waals surface area (Å²) in [5.74, 6) is 2.34. The lowest BCUT2D eigenvalue weighted by Gasteiger charge is -2.35. The van der Waals surface area contributed by atoms with E-state index in [2.05, 4.69) is 52.3 Å². The first-order valence-corrected chi connectivity index (χ1v) is 12.2. The Labute approximate surface area is 208 Å². The fourth-order valence-corrected chi connectivity index (χ4v) is 4.46. The molecule has 1 saturated heterocycles. The number of aliphatic hydroxyl groups is 1. The van der Waals surface area contributed by atoms with Gasteiger partial charge in [0.2, 0.25) is 0 Å². The van der Waals surface area contributed by atoms with E-state index in [4.69, 9.17) is 14.2 Å². The molecule has 0 saturated carbocycles. The molecular formula is C29H36N2O4. The number of piperazine rings is 1. The highest BCUT2D eigenvalue weighted by molar-refractivity contribution is 5.39. The molecule has 0 radical (unpaired) electrons. The molecule has 186 valence electrons. The van der Waals surface area contributed by atoms with E-state index >= 15 is 0 Å². The van der Waals surface area contributed by atoms with Crippen LogP contribution < -0.4 is 14.2 Å². The van der Waals surface area contributed by atoms with E-state index in [9.17, 15) is 5.11 Å². The molecule has 1 atom stereocenters. The normalized spacial score (nSPS) is 15.5. The lowest BCUT2D eigenvalue weighted by molar-refractivity contribution is 0.0674. The minimum absolute atomic E-state index is 0.588. The maximum Gasteiger partial charge on any atom is 0.122 e. The van der Waals surface area contributed by atoms with E-state index in [-0.39, 0.29) is 0 Å². The van der Waals surface area contributed by atoms with Crippen molar-refractivity contribution < 1.29 is 19.3 Å². The molecule has 1 aliphatic heterocycles. The molecule has 6 nitrogen and oxygen atoms in total. The van der Waals surface area contributed by atoms with Crippen molar-refractivity contribution in [1.29, 1.82) is 0 Å². The molecule has 3 aromatic rings. The first kappa shape index (κ1) is 25.0. The first-order valence-electron chi connectivity index (χ1n) is 12.2. The van der Waals surface area contributed by atoms with Crippen molar-refractivity contribution in [2.24, 2.45) is 0 Å². The lowest BCUT2D eigenvalue weighted by atomic mass is 10.0. The number of aliphatic hydroxyl groups excluding tert-OH is 1. The van der Waals surface area contributed by atoms with Crippen molar-refractivity contribution in [2.45, 2.75) is 12.5 Å². The molecule has 0 bridgehead atoms. The van der Waals surface area contributed by atoms with Gasteiger partial charge in [0.1, 0.15) is 23.9 Å². The maximum absolute atomic E-state index is 10.8. The second kappa shape index (κ2) is 12.6. The second-order valence-corrected chi connectivity index (χ2v) is 8.92. The zero-order chi connectivity index (χ0) is 24.5. The van der Waals surface area contributed by atoms with Crippen LogP contribution in [-0.4, -0.2) is 75.0 Å². The summed E-state index contributed by atoms with van der Waals surface area (Å²) < 4.78 is 16.9. The zero-order valence-corrected chi connectivity index (χ0v) is 20.7. The minimum atomic E-state index is -0.588. The average molecular weight is 477 g/mol. The highest BCUT2D eigenvalue weighted by Gasteiger charge is 2.21. The average Bonchev–Trinajstić information content (AvgIpc) is 2.91. The van der Waals surface area contributed by atoms with Gasteiger partial charge >= 0.3 is 0 Å². The molecule has 1 unspecified atom stereocenters. The molecule has 4 rings (SSSR count). The number of rotatable bonds is 11. The summed E-state index contributed by atoms with van der Waals surface area (Å²) in [6.45, 7) is 5.91. The molecule has 0 aromatic heterocycles. The van der Waals surface area contributed by atoms with Gasteiger partial charge in [0.05, 0.1) is 20.3 Å². The number of β-amino-alcohol motifs (C(OH)–C–C–N with tert-alkyl or cyclic N) is 1. The molecular weight excluding hydrogens is 440 g/mol. The highest BCUT2D eigenvalue weighted by atomic mass is 16.5. The number of hydrogen-bond acceptors (Lipinski definition) is 6. The van der Waals surface area contributed by atoms with Crippen LogP contribution >= 0.6 is 0 Å². The van der Waals surface area contributed by atoms with Crippen molar-refractivity contribution in [1.82, 2.24) is 9.80 Å². The molecule has 35 heavy (non-hydrogen) atoms. The summed E-state index contributed by atoms with van der Waals surface area (Å²) in [5.41, 5.74) is 3.31. The fraction of sp³-hybridized carbons (Fsp3) is 0.379. The second-order valence-electron chi connectivity index (χ2n) is 8.92. The minimum Gasteiger partial charge on any atom is -0.497 e. The largest absolute Gasteiger partial charge is 0.497 e. The standard InChI is InChI=1S/C29H36N2O4/c1-33-26-19-25(20-27(21-26)34-2)28(32)22-31-14-12-30(13-15-31)16-17-35-29-11-7-6-10-24(29)18-23-8-4-3-5-9-23/h3-11,19-21,28,32H,12-18,22H2,1-2H3. The Morgan fingerprint density at radius 3 is 2.11 bits per heavy atom. The lowest BCUT2D eigenvalue weighted by Crippen LogP contribution is -2.48.